The minimum absolute atomic E-state index is 0.0169. The second-order valence-electron chi connectivity index (χ2n) is 6.45. The third kappa shape index (κ3) is 2.32. The van der Waals surface area contributed by atoms with Gasteiger partial charge in [-0.15, -0.1) is 0 Å². The van der Waals surface area contributed by atoms with Crippen molar-refractivity contribution in [3.8, 4) is 17.4 Å². The number of hydrogen-bond acceptors (Lipinski definition) is 3. The highest BCUT2D eigenvalue weighted by molar-refractivity contribution is 6.34. The Morgan fingerprint density at radius 2 is 1.76 bits per heavy atom. The minimum atomic E-state index is -0.746. The Hall–Kier alpha value is -2.47. The fourth-order valence-corrected chi connectivity index (χ4v) is 4.09. The highest BCUT2D eigenvalue weighted by atomic mass is 35.5. The summed E-state index contributed by atoms with van der Waals surface area (Å²) in [6.45, 7) is 1.25. The van der Waals surface area contributed by atoms with Gasteiger partial charge in [0.1, 0.15) is 5.82 Å². The molecule has 7 heteroatoms. The van der Waals surface area contributed by atoms with Gasteiger partial charge in [-0.3, -0.25) is 9.36 Å². The summed E-state index contributed by atoms with van der Waals surface area (Å²) in [7, 11) is 0. The lowest BCUT2D eigenvalue weighted by Gasteiger charge is -2.30. The molecule has 0 aliphatic heterocycles. The molecule has 1 heterocycles. The summed E-state index contributed by atoms with van der Waals surface area (Å²) in [4.78, 5) is 11.2. The lowest BCUT2D eigenvalue weighted by molar-refractivity contribution is -0.114. The number of nitrogens with zero attached hydrogens (tertiary/aromatic N) is 1. The molecule has 1 aromatic carbocycles. The number of aromatic nitrogens is 1. The Morgan fingerprint density at radius 3 is 2.20 bits per heavy atom. The maximum Gasteiger partial charge on any atom is 0.221 e. The molecule has 2 aromatic rings. The van der Waals surface area contributed by atoms with E-state index < -0.39 is 11.7 Å². The number of benzene rings is 1. The molecule has 1 amide bonds. The number of anilines is 1. The maximum atomic E-state index is 14.4. The van der Waals surface area contributed by atoms with Gasteiger partial charge in [-0.05, 0) is 18.9 Å². The fourth-order valence-electron chi connectivity index (χ4n) is 3.84. The molecular formula is C18H16ClFN2O3. The first kappa shape index (κ1) is 16.0. The van der Waals surface area contributed by atoms with Crippen LogP contribution in [0.2, 0.25) is 5.02 Å². The van der Waals surface area contributed by atoms with Gasteiger partial charge in [-0.25, -0.2) is 4.39 Å². The Kier molecular flexibility index (Phi) is 3.54. The van der Waals surface area contributed by atoms with Gasteiger partial charge in [-0.1, -0.05) is 23.8 Å². The molecule has 2 atom stereocenters. The minimum Gasteiger partial charge on any atom is -0.494 e. The van der Waals surface area contributed by atoms with Crippen molar-refractivity contribution in [2.75, 3.05) is 5.32 Å². The van der Waals surface area contributed by atoms with Gasteiger partial charge >= 0.3 is 0 Å². The van der Waals surface area contributed by atoms with E-state index in [0.29, 0.717) is 11.1 Å². The Bertz CT molecular complexity index is 874. The van der Waals surface area contributed by atoms with Gasteiger partial charge in [0.2, 0.25) is 17.7 Å². The topological polar surface area (TPSA) is 74.5 Å². The molecule has 5 rings (SSSR count). The van der Waals surface area contributed by atoms with E-state index in [1.165, 1.54) is 17.6 Å². The smallest absolute Gasteiger partial charge is 0.221 e. The van der Waals surface area contributed by atoms with E-state index >= 15 is 0 Å². The van der Waals surface area contributed by atoms with Crippen LogP contribution in [0.4, 0.5) is 10.1 Å². The average Bonchev–Trinajstić information content (AvgIpc) is 2.85. The van der Waals surface area contributed by atoms with E-state index in [0.717, 1.165) is 18.9 Å². The lowest BCUT2D eigenvalue weighted by Crippen LogP contribution is -2.15. The number of carbonyl (C=O) groups excluding carboxylic acids is 1. The number of aromatic hydroxyl groups is 2. The Labute approximate surface area is 148 Å². The maximum absolute atomic E-state index is 14.4. The van der Waals surface area contributed by atoms with Crippen LogP contribution in [0.1, 0.15) is 42.7 Å². The van der Waals surface area contributed by atoms with Crippen LogP contribution in [0.15, 0.2) is 24.3 Å². The van der Waals surface area contributed by atoms with Crippen molar-refractivity contribution >= 4 is 23.2 Å². The van der Waals surface area contributed by atoms with Gasteiger partial charge in [0.15, 0.2) is 0 Å². The third-order valence-corrected chi connectivity index (χ3v) is 5.19. The molecule has 0 unspecified atom stereocenters. The quantitative estimate of drug-likeness (QED) is 0.702. The van der Waals surface area contributed by atoms with Gasteiger partial charge < -0.3 is 15.5 Å². The van der Waals surface area contributed by atoms with Crippen molar-refractivity contribution in [1.29, 1.82) is 0 Å². The molecule has 5 nitrogen and oxygen atoms in total. The molecule has 3 N–H and O–H groups in total. The van der Waals surface area contributed by atoms with Crippen LogP contribution >= 0.6 is 11.6 Å². The van der Waals surface area contributed by atoms with E-state index in [-0.39, 0.29) is 40.0 Å². The molecule has 0 radical (unpaired) electrons. The number of allylic oxidation sites excluding steroid dienone is 2. The van der Waals surface area contributed by atoms with Gasteiger partial charge in [0, 0.05) is 36.0 Å². The molecule has 3 aliphatic carbocycles. The van der Waals surface area contributed by atoms with Gasteiger partial charge in [0.25, 0.3) is 0 Å². The van der Waals surface area contributed by atoms with Crippen LogP contribution in [0.5, 0.6) is 11.8 Å². The lowest BCUT2D eigenvalue weighted by atomic mass is 9.73. The fraction of sp³-hybridized carbons (Fsp3) is 0.278. The van der Waals surface area contributed by atoms with E-state index in [1.54, 1.807) is 0 Å². The van der Waals surface area contributed by atoms with Crippen LogP contribution < -0.4 is 5.32 Å². The largest absolute Gasteiger partial charge is 0.494 e. The van der Waals surface area contributed by atoms with Gasteiger partial charge in [-0.2, -0.15) is 0 Å². The summed E-state index contributed by atoms with van der Waals surface area (Å²) >= 11 is 6.09. The number of carbonyl (C=O) groups is 1. The molecule has 130 valence electrons. The van der Waals surface area contributed by atoms with E-state index in [2.05, 4.69) is 5.32 Å². The average molecular weight is 363 g/mol. The third-order valence-electron chi connectivity index (χ3n) is 4.89. The summed E-state index contributed by atoms with van der Waals surface area (Å²) < 4.78 is 15.6. The monoisotopic (exact) mass is 362 g/mol. The zero-order chi connectivity index (χ0) is 17.9. The zero-order valence-corrected chi connectivity index (χ0v) is 14.1. The molecule has 3 aliphatic rings. The first-order valence-electron chi connectivity index (χ1n) is 8.00. The number of rotatable bonds is 2. The molecule has 25 heavy (non-hydrogen) atoms. The predicted molar refractivity (Wildman–Crippen MR) is 92.2 cm³/mol. The first-order chi connectivity index (χ1) is 11.9. The van der Waals surface area contributed by atoms with E-state index in [4.69, 9.17) is 11.6 Å². The molecular weight excluding hydrogens is 347 g/mol. The number of nitrogens with one attached hydrogen (secondary N) is 1. The van der Waals surface area contributed by atoms with Crippen molar-refractivity contribution in [1.82, 2.24) is 4.57 Å². The summed E-state index contributed by atoms with van der Waals surface area (Å²) in [6.07, 6.45) is 5.88. The predicted octanol–water partition coefficient (Wildman–Crippen LogP) is 4.17. The van der Waals surface area contributed by atoms with Crippen LogP contribution in [0, 0.1) is 5.82 Å². The summed E-state index contributed by atoms with van der Waals surface area (Å²) in [6, 6.07) is 2.52. The highest BCUT2D eigenvalue weighted by Gasteiger charge is 2.38. The van der Waals surface area contributed by atoms with Crippen LogP contribution in [-0.2, 0) is 4.79 Å². The van der Waals surface area contributed by atoms with Crippen LogP contribution in [0.25, 0.3) is 5.69 Å². The molecule has 0 spiro atoms. The van der Waals surface area contributed by atoms with Crippen molar-refractivity contribution in [3.63, 3.8) is 0 Å². The van der Waals surface area contributed by atoms with Crippen molar-refractivity contribution in [2.24, 2.45) is 0 Å². The Morgan fingerprint density at radius 1 is 1.20 bits per heavy atom. The van der Waals surface area contributed by atoms with Crippen LogP contribution in [0.3, 0.4) is 0 Å². The summed E-state index contributed by atoms with van der Waals surface area (Å²) in [5.74, 6) is -1.30. The van der Waals surface area contributed by atoms with E-state index in [9.17, 15) is 19.4 Å². The molecule has 0 saturated carbocycles. The van der Waals surface area contributed by atoms with Crippen molar-refractivity contribution < 1.29 is 19.4 Å². The Balaban J connectivity index is 1.87. The zero-order valence-electron chi connectivity index (χ0n) is 13.4. The molecule has 2 bridgehead atoms. The summed E-state index contributed by atoms with van der Waals surface area (Å²) in [5.41, 5.74) is 1.45. The second-order valence-corrected chi connectivity index (χ2v) is 6.86. The number of halogens is 2. The van der Waals surface area contributed by atoms with Crippen molar-refractivity contribution in [3.05, 3.63) is 46.3 Å². The summed E-state index contributed by atoms with van der Waals surface area (Å²) in [5, 5.41) is 23.6. The van der Waals surface area contributed by atoms with E-state index in [1.807, 2.05) is 12.2 Å². The van der Waals surface area contributed by atoms with Gasteiger partial charge in [0.05, 0.1) is 16.4 Å². The highest BCUT2D eigenvalue weighted by Crippen LogP contribution is 2.54. The number of hydrogen-bond donors (Lipinski definition) is 3. The standard InChI is InChI=1S/C18H16ClFN2O3/c1-8(23)21-16-12(19)6-11(7-13(16)20)22-17(24)14-9-2-3-10(5-4-9)15(14)18(22)25/h2-3,6-7,9-10,24-25H,4-5H2,1H3,(H,21,23)/t9-,10+. The second kappa shape index (κ2) is 5.52. The molecule has 0 saturated heterocycles. The molecule has 0 fully saturated rings. The SMILES string of the molecule is CC(=O)Nc1c(F)cc(-n2c(O)c3c(c2O)[C@H]2C=C[C@@H]3CC2)cc1Cl. The van der Waals surface area contributed by atoms with Crippen molar-refractivity contribution in [2.45, 2.75) is 31.6 Å². The normalized spacial score (nSPS) is 20.6. The number of amides is 1. The number of fused-ring (bicyclic) bond motifs is 1. The van der Waals surface area contributed by atoms with Crippen LogP contribution in [-0.4, -0.2) is 20.7 Å². The first-order valence-corrected chi connectivity index (χ1v) is 8.38. The molecule has 1 aromatic heterocycles.